The monoisotopic (exact) mass is 316 g/mol. The van der Waals surface area contributed by atoms with Crippen LogP contribution in [0.3, 0.4) is 0 Å². The Hall–Kier alpha value is -1.12. The van der Waals surface area contributed by atoms with E-state index in [1.807, 2.05) is 0 Å². The lowest BCUT2D eigenvalue weighted by atomic mass is 9.40. The van der Waals surface area contributed by atoms with E-state index in [-0.39, 0.29) is 34.4 Å². The van der Waals surface area contributed by atoms with Gasteiger partial charge in [0, 0.05) is 17.4 Å². The van der Waals surface area contributed by atoms with Crippen LogP contribution in [0.4, 0.5) is 0 Å². The summed E-state index contributed by atoms with van der Waals surface area (Å²) in [6.45, 7) is 9.84. The van der Waals surface area contributed by atoms with Crippen LogP contribution < -0.4 is 0 Å². The predicted molar refractivity (Wildman–Crippen MR) is 87.6 cm³/mol. The minimum atomic E-state index is -0.265. The molecule has 0 N–H and O–H groups in total. The van der Waals surface area contributed by atoms with Gasteiger partial charge in [0.25, 0.3) is 0 Å². The molecule has 0 aromatic rings. The van der Waals surface area contributed by atoms with Crippen LogP contribution in [0.5, 0.6) is 0 Å². The van der Waals surface area contributed by atoms with Gasteiger partial charge in [-0.3, -0.25) is 4.79 Å². The van der Waals surface area contributed by atoms with Gasteiger partial charge in [-0.25, -0.2) is 4.79 Å². The van der Waals surface area contributed by atoms with Crippen molar-refractivity contribution in [1.29, 1.82) is 0 Å². The van der Waals surface area contributed by atoms with Gasteiger partial charge < -0.3 is 4.74 Å². The van der Waals surface area contributed by atoms with Gasteiger partial charge in [0.2, 0.25) is 0 Å². The quantitative estimate of drug-likeness (QED) is 0.636. The van der Waals surface area contributed by atoms with Crippen molar-refractivity contribution in [2.45, 2.75) is 59.8 Å². The largest absolute Gasteiger partial charge is 0.462 e. The van der Waals surface area contributed by atoms with Crippen molar-refractivity contribution in [3.8, 4) is 0 Å². The molecule has 3 aliphatic carbocycles. The van der Waals surface area contributed by atoms with E-state index in [1.54, 1.807) is 6.08 Å². The normalized spacial score (nSPS) is 48.0. The second kappa shape index (κ2) is 4.49. The maximum atomic E-state index is 13.1. The highest BCUT2D eigenvalue weighted by molar-refractivity contribution is 6.04. The van der Waals surface area contributed by atoms with E-state index in [9.17, 15) is 9.59 Å². The molecule has 3 nitrogen and oxygen atoms in total. The molecule has 1 heterocycles. The van der Waals surface area contributed by atoms with Gasteiger partial charge in [-0.15, -0.1) is 0 Å². The molecule has 23 heavy (non-hydrogen) atoms. The molecule has 1 saturated heterocycles. The molecule has 3 fully saturated rings. The van der Waals surface area contributed by atoms with Gasteiger partial charge in [0.15, 0.2) is 5.78 Å². The topological polar surface area (TPSA) is 43.4 Å². The number of fused-ring (bicyclic) bond motifs is 5. The fourth-order valence-electron chi connectivity index (χ4n) is 7.03. The Labute approximate surface area is 138 Å². The summed E-state index contributed by atoms with van der Waals surface area (Å²) < 4.78 is 5.31. The first-order chi connectivity index (χ1) is 10.7. The van der Waals surface area contributed by atoms with Crippen molar-refractivity contribution < 1.29 is 14.3 Å². The van der Waals surface area contributed by atoms with E-state index in [0.717, 1.165) is 12.8 Å². The molecule has 5 atom stereocenters. The maximum absolute atomic E-state index is 13.1. The van der Waals surface area contributed by atoms with Crippen molar-refractivity contribution >= 4 is 11.8 Å². The number of carbonyl (C=O) groups excluding carboxylic acids is 2. The van der Waals surface area contributed by atoms with Crippen LogP contribution in [0, 0.1) is 34.0 Å². The molecular weight excluding hydrogens is 288 g/mol. The van der Waals surface area contributed by atoms with E-state index >= 15 is 0 Å². The molecule has 0 bridgehead atoms. The Morgan fingerprint density at radius 3 is 2.52 bits per heavy atom. The molecular formula is C20H28O3. The second-order valence-electron chi connectivity index (χ2n) is 9.53. The van der Waals surface area contributed by atoms with Crippen LogP contribution in [0.15, 0.2) is 11.6 Å². The summed E-state index contributed by atoms with van der Waals surface area (Å²) in [5.41, 5.74) is 0.886. The van der Waals surface area contributed by atoms with Crippen LogP contribution in [0.1, 0.15) is 59.8 Å². The molecule has 4 aliphatic rings. The maximum Gasteiger partial charge on any atom is 0.334 e. The predicted octanol–water partition coefficient (Wildman–Crippen LogP) is 3.92. The highest BCUT2D eigenvalue weighted by atomic mass is 16.5. The minimum absolute atomic E-state index is 0.0385. The number of ether oxygens (including phenoxy) is 1. The van der Waals surface area contributed by atoms with Crippen molar-refractivity contribution in [2.24, 2.45) is 34.0 Å². The third-order valence-corrected chi connectivity index (χ3v) is 7.94. The number of hydrogen-bond acceptors (Lipinski definition) is 3. The summed E-state index contributed by atoms with van der Waals surface area (Å²) in [4.78, 5) is 25.1. The number of allylic oxidation sites excluding steroid dienone is 1. The highest BCUT2D eigenvalue weighted by Gasteiger charge is 2.65. The number of rotatable bonds is 0. The number of hydrogen-bond donors (Lipinski definition) is 0. The van der Waals surface area contributed by atoms with E-state index in [2.05, 4.69) is 27.7 Å². The van der Waals surface area contributed by atoms with Crippen LogP contribution in [0.25, 0.3) is 0 Å². The third-order valence-electron chi connectivity index (χ3n) is 7.94. The Morgan fingerprint density at radius 2 is 1.78 bits per heavy atom. The lowest BCUT2D eigenvalue weighted by Gasteiger charge is -2.63. The lowest BCUT2D eigenvalue weighted by molar-refractivity contribution is -0.163. The first kappa shape index (κ1) is 15.4. The van der Waals surface area contributed by atoms with E-state index in [0.29, 0.717) is 23.5 Å². The Morgan fingerprint density at radius 1 is 1.04 bits per heavy atom. The number of ketones is 1. The smallest absolute Gasteiger partial charge is 0.334 e. The molecule has 0 aromatic heterocycles. The van der Waals surface area contributed by atoms with Crippen LogP contribution in [-0.4, -0.2) is 18.4 Å². The Bertz CT molecular complexity index is 616. The standard InChI is InChI=1S/C20H28O3/c1-18(2)7-5-8-20(4)15(18)6-9-19(3)13-11-23-17(22)12(13)10-14(21)16(19)20/h10,13,15-16H,5-9,11H2,1-4H3. The van der Waals surface area contributed by atoms with E-state index in [4.69, 9.17) is 4.74 Å². The average molecular weight is 316 g/mol. The summed E-state index contributed by atoms with van der Waals surface area (Å²) in [6, 6.07) is 0. The Balaban J connectivity index is 1.83. The van der Waals surface area contributed by atoms with Crippen molar-refractivity contribution in [2.75, 3.05) is 6.61 Å². The lowest BCUT2D eigenvalue weighted by Crippen LogP contribution is -2.60. The van der Waals surface area contributed by atoms with Crippen molar-refractivity contribution in [3.05, 3.63) is 11.6 Å². The van der Waals surface area contributed by atoms with Crippen LogP contribution >= 0.6 is 0 Å². The summed E-state index contributed by atoms with van der Waals surface area (Å²) in [5, 5.41) is 0. The van der Waals surface area contributed by atoms with Gasteiger partial charge in [0.1, 0.15) is 0 Å². The number of carbonyl (C=O) groups is 2. The minimum Gasteiger partial charge on any atom is -0.462 e. The summed E-state index contributed by atoms with van der Waals surface area (Å²) in [5.74, 6) is 0.664. The third kappa shape index (κ3) is 1.82. The first-order valence-electron chi connectivity index (χ1n) is 9.13. The molecule has 3 heteroatoms. The molecule has 0 radical (unpaired) electrons. The summed E-state index contributed by atoms with van der Waals surface area (Å²) in [6.07, 6.45) is 7.44. The summed E-state index contributed by atoms with van der Waals surface area (Å²) >= 11 is 0. The number of cyclic esters (lactones) is 1. The Kier molecular flexibility index (Phi) is 3.01. The SMILES string of the molecule is CC1(C)CCCC2(C)C1CCC1(C)C3COC(=O)C3=CC(=O)C12. The molecule has 2 saturated carbocycles. The first-order valence-corrected chi connectivity index (χ1v) is 9.13. The van der Waals surface area contributed by atoms with Crippen LogP contribution in [-0.2, 0) is 14.3 Å². The van der Waals surface area contributed by atoms with Crippen LogP contribution in [0.2, 0.25) is 0 Å². The zero-order chi connectivity index (χ0) is 16.6. The molecule has 4 rings (SSSR count). The second-order valence-corrected chi connectivity index (χ2v) is 9.53. The van der Waals surface area contributed by atoms with Gasteiger partial charge in [-0.2, -0.15) is 0 Å². The molecule has 126 valence electrons. The zero-order valence-electron chi connectivity index (χ0n) is 14.8. The highest BCUT2D eigenvalue weighted by Crippen LogP contribution is 2.68. The van der Waals surface area contributed by atoms with Gasteiger partial charge in [0.05, 0.1) is 6.61 Å². The molecule has 1 aliphatic heterocycles. The van der Waals surface area contributed by atoms with Gasteiger partial charge >= 0.3 is 5.97 Å². The average Bonchev–Trinajstić information content (AvgIpc) is 2.79. The molecule has 0 aromatic carbocycles. The molecule has 0 spiro atoms. The summed E-state index contributed by atoms with van der Waals surface area (Å²) in [7, 11) is 0. The van der Waals surface area contributed by atoms with Crippen molar-refractivity contribution in [1.82, 2.24) is 0 Å². The van der Waals surface area contributed by atoms with Gasteiger partial charge in [-0.05, 0) is 53.9 Å². The van der Waals surface area contributed by atoms with Crippen molar-refractivity contribution in [3.63, 3.8) is 0 Å². The molecule has 5 unspecified atom stereocenters. The number of esters is 1. The zero-order valence-corrected chi connectivity index (χ0v) is 14.8. The fourth-order valence-corrected chi connectivity index (χ4v) is 7.03. The van der Waals surface area contributed by atoms with E-state index in [1.165, 1.54) is 19.3 Å². The molecule has 0 amide bonds. The van der Waals surface area contributed by atoms with Gasteiger partial charge in [-0.1, -0.05) is 34.1 Å². The van der Waals surface area contributed by atoms with E-state index < -0.39 is 0 Å². The fraction of sp³-hybridized carbons (Fsp3) is 0.800.